The Hall–Kier alpha value is -6.99. The first-order valence-corrected chi connectivity index (χ1v) is 20.7. The Morgan fingerprint density at radius 3 is 1.60 bits per heavy atom. The van der Waals surface area contributed by atoms with E-state index in [9.17, 15) is 0 Å². The van der Waals surface area contributed by atoms with Crippen molar-refractivity contribution < 1.29 is 0 Å². The lowest BCUT2D eigenvalue weighted by molar-refractivity contribution is 1.08. The summed E-state index contributed by atoms with van der Waals surface area (Å²) >= 11 is 3.68. The van der Waals surface area contributed by atoms with Crippen LogP contribution in [0.4, 0.5) is 0 Å². The number of nitrogens with zero attached hydrogens (tertiary/aromatic N) is 4. The van der Waals surface area contributed by atoms with E-state index >= 15 is 0 Å². The van der Waals surface area contributed by atoms with Crippen LogP contribution in [0, 0.1) is 0 Å². The summed E-state index contributed by atoms with van der Waals surface area (Å²) in [6.07, 6.45) is 0. The lowest BCUT2D eigenvalue weighted by atomic mass is 9.99. The monoisotopic (exact) mass is 762 g/mol. The van der Waals surface area contributed by atoms with Crippen LogP contribution in [0.5, 0.6) is 0 Å². The topological polar surface area (TPSA) is 43.6 Å². The van der Waals surface area contributed by atoms with E-state index in [0.29, 0.717) is 17.5 Å². The second-order valence-corrected chi connectivity index (χ2v) is 16.5. The molecule has 12 rings (SSSR count). The molecule has 0 aliphatic heterocycles. The Morgan fingerprint density at radius 1 is 0.333 bits per heavy atom. The fourth-order valence-corrected chi connectivity index (χ4v) is 10.8. The second kappa shape index (κ2) is 12.8. The van der Waals surface area contributed by atoms with E-state index < -0.39 is 0 Å². The molecule has 57 heavy (non-hydrogen) atoms. The van der Waals surface area contributed by atoms with Gasteiger partial charge in [-0.2, -0.15) is 0 Å². The smallest absolute Gasteiger partial charge is 0.164 e. The van der Waals surface area contributed by atoms with E-state index in [1.54, 1.807) is 0 Å². The second-order valence-electron chi connectivity index (χ2n) is 14.4. The third kappa shape index (κ3) is 5.15. The van der Waals surface area contributed by atoms with Crippen LogP contribution in [0.15, 0.2) is 182 Å². The lowest BCUT2D eigenvalue weighted by Crippen LogP contribution is -2.00. The van der Waals surface area contributed by atoms with E-state index in [4.69, 9.17) is 15.0 Å². The zero-order valence-corrected chi connectivity index (χ0v) is 32.1. The van der Waals surface area contributed by atoms with Gasteiger partial charge in [-0.1, -0.05) is 133 Å². The molecule has 0 saturated carbocycles. The molecule has 0 atom stereocenters. The van der Waals surface area contributed by atoms with E-state index in [2.05, 4.69) is 150 Å². The molecule has 0 unspecified atom stereocenters. The van der Waals surface area contributed by atoms with E-state index in [1.165, 1.54) is 79.0 Å². The van der Waals surface area contributed by atoms with E-state index in [0.717, 1.165) is 16.7 Å². The van der Waals surface area contributed by atoms with Gasteiger partial charge in [0.1, 0.15) is 0 Å². The molecule has 4 heterocycles. The summed E-state index contributed by atoms with van der Waals surface area (Å²) in [5.41, 5.74) is 8.99. The fraction of sp³-hybridized carbons (Fsp3) is 0. The average Bonchev–Trinajstić information content (AvgIpc) is 3.96. The minimum absolute atomic E-state index is 0.663. The summed E-state index contributed by atoms with van der Waals surface area (Å²) in [6.45, 7) is 0. The SMILES string of the molecule is c1ccc(-c2nc(-c3ccccc3)nc(-c3cccc4sc5cc(-c6ccc7sc8cccc(-n9c%10ccccc%10c%10ccccc%109)c8c7c6)ccc5c34)n2)cc1. The number of aromatic nitrogens is 4. The number of benzene rings is 8. The minimum Gasteiger partial charge on any atom is -0.309 e. The summed E-state index contributed by atoms with van der Waals surface area (Å²) in [5.74, 6) is 2.00. The summed E-state index contributed by atoms with van der Waals surface area (Å²) < 4.78 is 7.47. The number of hydrogen-bond donors (Lipinski definition) is 0. The van der Waals surface area contributed by atoms with Crippen LogP contribution in [-0.4, -0.2) is 19.5 Å². The highest BCUT2D eigenvalue weighted by atomic mass is 32.1. The van der Waals surface area contributed by atoms with Crippen LogP contribution >= 0.6 is 22.7 Å². The van der Waals surface area contributed by atoms with Crippen LogP contribution in [0.1, 0.15) is 0 Å². The molecule has 266 valence electrons. The molecular weight excluding hydrogens is 733 g/mol. The minimum atomic E-state index is 0.663. The third-order valence-electron chi connectivity index (χ3n) is 11.1. The number of thiophene rings is 2. The van der Waals surface area contributed by atoms with Crippen molar-refractivity contribution in [2.24, 2.45) is 0 Å². The van der Waals surface area contributed by atoms with Crippen LogP contribution in [0.2, 0.25) is 0 Å². The number of rotatable bonds is 5. The van der Waals surface area contributed by atoms with Crippen molar-refractivity contribution in [3.05, 3.63) is 182 Å². The summed E-state index contributed by atoms with van der Waals surface area (Å²) in [5, 5.41) is 7.49. The molecular formula is C51H30N4S2. The molecule has 0 spiro atoms. The van der Waals surface area contributed by atoms with Gasteiger partial charge in [-0.25, -0.2) is 15.0 Å². The maximum absolute atomic E-state index is 5.09. The first-order chi connectivity index (χ1) is 28.2. The van der Waals surface area contributed by atoms with Gasteiger partial charge in [0.15, 0.2) is 17.5 Å². The van der Waals surface area contributed by atoms with Crippen molar-refractivity contribution in [3.8, 4) is 51.0 Å². The Balaban J connectivity index is 1.01. The molecule has 0 aliphatic carbocycles. The van der Waals surface area contributed by atoms with Gasteiger partial charge < -0.3 is 4.57 Å². The molecule has 0 amide bonds. The van der Waals surface area contributed by atoms with Crippen molar-refractivity contribution >= 4 is 84.8 Å². The molecule has 8 aromatic carbocycles. The highest BCUT2D eigenvalue weighted by Gasteiger charge is 2.19. The Morgan fingerprint density at radius 2 is 0.895 bits per heavy atom. The van der Waals surface area contributed by atoms with Crippen molar-refractivity contribution in [2.75, 3.05) is 0 Å². The first kappa shape index (κ1) is 32.3. The predicted molar refractivity (Wildman–Crippen MR) is 242 cm³/mol. The molecule has 0 bridgehead atoms. The number of hydrogen-bond acceptors (Lipinski definition) is 5. The largest absolute Gasteiger partial charge is 0.309 e. The zero-order valence-electron chi connectivity index (χ0n) is 30.4. The molecule has 0 radical (unpaired) electrons. The van der Waals surface area contributed by atoms with Crippen LogP contribution in [0.25, 0.3) is 113 Å². The Bertz CT molecular complexity index is 3410. The maximum Gasteiger partial charge on any atom is 0.164 e. The lowest BCUT2D eigenvalue weighted by Gasteiger charge is -2.11. The molecule has 0 N–H and O–H groups in total. The molecule has 4 nitrogen and oxygen atoms in total. The summed E-state index contributed by atoms with van der Waals surface area (Å²) in [7, 11) is 0. The zero-order chi connectivity index (χ0) is 37.5. The fourth-order valence-electron chi connectivity index (χ4n) is 8.48. The standard InChI is InChI=1S/C51H30N4S2/c1-3-13-31(14-4-1)49-52-50(32-15-5-2-6-16-32)54-51(53-49)38-19-11-23-44-47(38)37-27-25-34(30-46(37)57-44)33-26-28-43-39(29-33)48-42(22-12-24-45(48)56-43)55-40-20-9-7-17-35(40)36-18-8-10-21-41(36)55/h1-30H. The molecule has 0 aliphatic rings. The number of fused-ring (bicyclic) bond motifs is 9. The van der Waals surface area contributed by atoms with E-state index in [-0.39, 0.29) is 0 Å². The van der Waals surface area contributed by atoms with Crippen molar-refractivity contribution in [2.45, 2.75) is 0 Å². The summed E-state index contributed by atoms with van der Waals surface area (Å²) in [6, 6.07) is 64.9. The Labute approximate surface area is 335 Å². The molecule has 6 heteroatoms. The quantitative estimate of drug-likeness (QED) is 0.175. The highest BCUT2D eigenvalue weighted by Crippen LogP contribution is 2.44. The maximum atomic E-state index is 5.09. The van der Waals surface area contributed by atoms with Crippen LogP contribution in [-0.2, 0) is 0 Å². The van der Waals surface area contributed by atoms with Gasteiger partial charge in [0.2, 0.25) is 0 Å². The Kier molecular flexibility index (Phi) is 7.24. The average molecular weight is 763 g/mol. The van der Waals surface area contributed by atoms with Crippen LogP contribution < -0.4 is 0 Å². The first-order valence-electron chi connectivity index (χ1n) is 19.0. The van der Waals surface area contributed by atoms with Gasteiger partial charge in [0.25, 0.3) is 0 Å². The van der Waals surface area contributed by atoms with Gasteiger partial charge in [-0.15, -0.1) is 22.7 Å². The molecule has 12 aromatic rings. The van der Waals surface area contributed by atoms with E-state index in [1.807, 2.05) is 59.1 Å². The predicted octanol–water partition coefficient (Wildman–Crippen LogP) is 14.4. The number of para-hydroxylation sites is 2. The van der Waals surface area contributed by atoms with Gasteiger partial charge >= 0.3 is 0 Å². The van der Waals surface area contributed by atoms with Crippen molar-refractivity contribution in [1.29, 1.82) is 0 Å². The van der Waals surface area contributed by atoms with Gasteiger partial charge in [-0.3, -0.25) is 0 Å². The van der Waals surface area contributed by atoms with Gasteiger partial charge in [0, 0.05) is 67.8 Å². The molecule has 0 saturated heterocycles. The van der Waals surface area contributed by atoms with Crippen molar-refractivity contribution in [3.63, 3.8) is 0 Å². The normalized spacial score (nSPS) is 11.9. The summed E-state index contributed by atoms with van der Waals surface area (Å²) in [4.78, 5) is 15.1. The third-order valence-corrected chi connectivity index (χ3v) is 13.3. The molecule has 0 fully saturated rings. The van der Waals surface area contributed by atoms with Crippen molar-refractivity contribution in [1.82, 2.24) is 19.5 Å². The molecule has 4 aromatic heterocycles. The van der Waals surface area contributed by atoms with Crippen LogP contribution in [0.3, 0.4) is 0 Å². The van der Waals surface area contributed by atoms with Gasteiger partial charge in [-0.05, 0) is 59.7 Å². The highest BCUT2D eigenvalue weighted by molar-refractivity contribution is 7.26. The van der Waals surface area contributed by atoms with Gasteiger partial charge in [0.05, 0.1) is 16.7 Å².